The maximum Gasteiger partial charge on any atom is 0.270 e. The van der Waals surface area contributed by atoms with Gasteiger partial charge in [-0.2, -0.15) is 0 Å². The molecule has 0 radical (unpaired) electrons. The second-order valence-electron chi connectivity index (χ2n) is 6.30. The molecule has 0 aliphatic carbocycles. The van der Waals surface area contributed by atoms with Crippen molar-refractivity contribution in [3.05, 3.63) is 91.0 Å². The van der Waals surface area contributed by atoms with Crippen LogP contribution in [0.1, 0.15) is 11.1 Å². The average Bonchev–Trinajstić information content (AvgIpc) is 2.75. The number of nitrogens with zero attached hydrogens (tertiary/aromatic N) is 2. The third kappa shape index (κ3) is 5.07. The standard InChI is InChI=1S/C20H17ClN4O6/c21-14-1-4-19(30-17-5-2-15(24(26)27)7-12(17)10-22)20(9-14)31-18-6-3-16(25(28)29)8-13(18)11-23/h1-9H,10-11,22-23H2. The molecule has 0 amide bonds. The van der Waals surface area contributed by atoms with Gasteiger partial charge in [-0.1, -0.05) is 11.6 Å². The van der Waals surface area contributed by atoms with E-state index >= 15 is 0 Å². The van der Waals surface area contributed by atoms with E-state index in [9.17, 15) is 20.2 Å². The number of halogens is 1. The third-order valence-corrected chi connectivity index (χ3v) is 4.53. The van der Waals surface area contributed by atoms with Crippen molar-refractivity contribution in [3.8, 4) is 23.0 Å². The fourth-order valence-electron chi connectivity index (χ4n) is 2.76. The van der Waals surface area contributed by atoms with Crippen molar-refractivity contribution in [2.45, 2.75) is 13.1 Å². The van der Waals surface area contributed by atoms with E-state index in [2.05, 4.69) is 0 Å². The second kappa shape index (κ2) is 9.39. The summed E-state index contributed by atoms with van der Waals surface area (Å²) in [6.07, 6.45) is 0. The Morgan fingerprint density at radius 3 is 1.61 bits per heavy atom. The maximum atomic E-state index is 11.0. The van der Waals surface area contributed by atoms with Crippen molar-refractivity contribution in [2.75, 3.05) is 0 Å². The summed E-state index contributed by atoms with van der Waals surface area (Å²) in [5, 5.41) is 22.4. The maximum absolute atomic E-state index is 11.0. The lowest BCUT2D eigenvalue weighted by Crippen LogP contribution is -2.03. The first kappa shape index (κ1) is 22.0. The van der Waals surface area contributed by atoms with Gasteiger partial charge in [0.1, 0.15) is 11.5 Å². The van der Waals surface area contributed by atoms with Gasteiger partial charge in [0.25, 0.3) is 11.4 Å². The van der Waals surface area contributed by atoms with Crippen LogP contribution < -0.4 is 20.9 Å². The average molecular weight is 445 g/mol. The Morgan fingerprint density at radius 2 is 1.16 bits per heavy atom. The van der Waals surface area contributed by atoms with Crippen molar-refractivity contribution in [2.24, 2.45) is 11.5 Å². The molecule has 0 aromatic heterocycles. The molecule has 3 aromatic carbocycles. The third-order valence-electron chi connectivity index (χ3n) is 4.30. The van der Waals surface area contributed by atoms with Crippen molar-refractivity contribution in [1.82, 2.24) is 0 Å². The van der Waals surface area contributed by atoms with E-state index in [0.717, 1.165) is 0 Å². The lowest BCUT2D eigenvalue weighted by atomic mass is 10.1. The quantitative estimate of drug-likeness (QED) is 0.375. The Labute approximate surface area is 181 Å². The number of nitro benzene ring substituents is 2. The molecule has 0 fully saturated rings. The molecule has 4 N–H and O–H groups in total. The summed E-state index contributed by atoms with van der Waals surface area (Å²) in [4.78, 5) is 20.9. The topological polar surface area (TPSA) is 157 Å². The molecule has 0 atom stereocenters. The van der Waals surface area contributed by atoms with Crippen molar-refractivity contribution in [3.63, 3.8) is 0 Å². The van der Waals surface area contributed by atoms with Crippen LogP contribution in [0.25, 0.3) is 0 Å². The van der Waals surface area contributed by atoms with Crippen LogP contribution in [0.4, 0.5) is 11.4 Å². The van der Waals surface area contributed by atoms with Gasteiger partial charge in [0.05, 0.1) is 9.85 Å². The number of hydrogen-bond acceptors (Lipinski definition) is 8. The minimum absolute atomic E-state index is 0.00738. The molecular weight excluding hydrogens is 428 g/mol. The molecule has 31 heavy (non-hydrogen) atoms. The molecule has 3 aromatic rings. The molecule has 0 aliphatic heterocycles. The Kier molecular flexibility index (Phi) is 6.65. The summed E-state index contributed by atoms with van der Waals surface area (Å²) < 4.78 is 11.8. The minimum atomic E-state index is -0.528. The number of ether oxygens (including phenoxy) is 2. The highest BCUT2D eigenvalue weighted by molar-refractivity contribution is 6.30. The molecule has 3 rings (SSSR count). The summed E-state index contributed by atoms with van der Waals surface area (Å²) in [5.41, 5.74) is 12.0. The number of non-ortho nitro benzene ring substituents is 2. The molecule has 0 heterocycles. The van der Waals surface area contributed by atoms with Gasteiger partial charge in [0.2, 0.25) is 0 Å². The number of benzene rings is 3. The van der Waals surface area contributed by atoms with Gasteiger partial charge in [-0.25, -0.2) is 0 Å². The van der Waals surface area contributed by atoms with Crippen LogP contribution in [0.2, 0.25) is 5.02 Å². The molecule has 0 spiro atoms. The lowest BCUT2D eigenvalue weighted by Gasteiger charge is -2.16. The first-order valence-electron chi connectivity index (χ1n) is 8.92. The van der Waals surface area contributed by atoms with Crippen LogP contribution in [0.15, 0.2) is 54.6 Å². The van der Waals surface area contributed by atoms with E-state index in [1.165, 1.54) is 42.5 Å². The van der Waals surface area contributed by atoms with E-state index in [1.807, 2.05) is 0 Å². The molecule has 11 heteroatoms. The Balaban J connectivity index is 1.97. The lowest BCUT2D eigenvalue weighted by molar-refractivity contribution is -0.385. The van der Waals surface area contributed by atoms with Crippen molar-refractivity contribution >= 4 is 23.0 Å². The smallest absolute Gasteiger partial charge is 0.270 e. The number of hydrogen-bond donors (Lipinski definition) is 2. The summed E-state index contributed by atoms with van der Waals surface area (Å²) in [6, 6.07) is 12.8. The SMILES string of the molecule is NCc1cc([N+](=O)[O-])ccc1Oc1ccc(Cl)cc1Oc1ccc([N+](=O)[O-])cc1CN. The van der Waals surface area contributed by atoms with Gasteiger partial charge in [0, 0.05) is 59.6 Å². The highest BCUT2D eigenvalue weighted by atomic mass is 35.5. The van der Waals surface area contributed by atoms with Crippen LogP contribution in [-0.2, 0) is 13.1 Å². The minimum Gasteiger partial charge on any atom is -0.453 e. The highest BCUT2D eigenvalue weighted by Crippen LogP contribution is 2.39. The Morgan fingerprint density at radius 1 is 0.710 bits per heavy atom. The van der Waals surface area contributed by atoms with Gasteiger partial charge >= 0.3 is 0 Å². The molecule has 0 saturated heterocycles. The van der Waals surface area contributed by atoms with Gasteiger partial charge in [0.15, 0.2) is 11.5 Å². The van der Waals surface area contributed by atoms with Crippen LogP contribution in [-0.4, -0.2) is 9.85 Å². The second-order valence-corrected chi connectivity index (χ2v) is 6.74. The van der Waals surface area contributed by atoms with Crippen molar-refractivity contribution < 1.29 is 19.3 Å². The molecule has 0 bridgehead atoms. The zero-order chi connectivity index (χ0) is 22.5. The summed E-state index contributed by atoms with van der Waals surface area (Å²) in [5.74, 6) is 1.08. The summed E-state index contributed by atoms with van der Waals surface area (Å²) in [6.45, 7) is 0.0217. The first-order valence-corrected chi connectivity index (χ1v) is 9.30. The Hall–Kier alpha value is -3.73. The number of nitro groups is 2. The highest BCUT2D eigenvalue weighted by Gasteiger charge is 2.17. The predicted octanol–water partition coefficient (Wildman–Crippen LogP) is 4.66. The van der Waals surface area contributed by atoms with Crippen LogP contribution in [0.3, 0.4) is 0 Å². The summed E-state index contributed by atoms with van der Waals surface area (Å²) >= 11 is 6.10. The fraction of sp³-hybridized carbons (Fsp3) is 0.100. The van der Waals surface area contributed by atoms with E-state index in [4.69, 9.17) is 32.5 Å². The largest absolute Gasteiger partial charge is 0.453 e. The van der Waals surface area contributed by atoms with E-state index in [-0.39, 0.29) is 36.0 Å². The number of rotatable bonds is 8. The Bertz CT molecular complexity index is 1150. The molecule has 10 nitrogen and oxygen atoms in total. The molecule has 0 unspecified atom stereocenters. The summed E-state index contributed by atoms with van der Waals surface area (Å²) in [7, 11) is 0. The van der Waals surface area contributed by atoms with Gasteiger partial charge < -0.3 is 20.9 Å². The van der Waals surface area contributed by atoms with Crippen LogP contribution in [0, 0.1) is 20.2 Å². The molecule has 160 valence electrons. The normalized spacial score (nSPS) is 10.5. The molecule has 0 aliphatic rings. The van der Waals surface area contributed by atoms with E-state index in [0.29, 0.717) is 27.6 Å². The van der Waals surface area contributed by atoms with E-state index < -0.39 is 9.85 Å². The van der Waals surface area contributed by atoms with Crippen LogP contribution in [0.5, 0.6) is 23.0 Å². The zero-order valence-electron chi connectivity index (χ0n) is 16.0. The predicted molar refractivity (Wildman–Crippen MR) is 114 cm³/mol. The van der Waals surface area contributed by atoms with Gasteiger partial charge in [-0.3, -0.25) is 20.2 Å². The van der Waals surface area contributed by atoms with Crippen molar-refractivity contribution in [1.29, 1.82) is 0 Å². The number of nitrogens with two attached hydrogens (primary N) is 2. The van der Waals surface area contributed by atoms with Gasteiger partial charge in [-0.15, -0.1) is 0 Å². The van der Waals surface area contributed by atoms with Gasteiger partial charge in [-0.05, 0) is 24.3 Å². The first-order chi connectivity index (χ1) is 14.8. The fourth-order valence-corrected chi connectivity index (χ4v) is 2.92. The van der Waals surface area contributed by atoms with E-state index in [1.54, 1.807) is 12.1 Å². The monoisotopic (exact) mass is 444 g/mol. The zero-order valence-corrected chi connectivity index (χ0v) is 16.7. The molecular formula is C20H17ClN4O6. The van der Waals surface area contributed by atoms with Crippen LogP contribution >= 0.6 is 11.6 Å². The molecule has 0 saturated carbocycles.